The highest BCUT2D eigenvalue weighted by atomic mass is 19.1. The topological polar surface area (TPSA) is 63.7 Å². The van der Waals surface area contributed by atoms with Crippen LogP contribution in [0, 0.1) is 11.6 Å². The highest BCUT2D eigenvalue weighted by Crippen LogP contribution is 2.17. The summed E-state index contributed by atoms with van der Waals surface area (Å²) in [6.45, 7) is 1.89. The molecule has 1 aromatic heterocycles. The minimum absolute atomic E-state index is 0.0796. The van der Waals surface area contributed by atoms with Gasteiger partial charge in [0.05, 0.1) is 38.2 Å². The molecule has 0 saturated carbocycles. The van der Waals surface area contributed by atoms with E-state index in [4.69, 9.17) is 9.47 Å². The normalized spacial score (nSPS) is 11.7. The first-order chi connectivity index (χ1) is 12.4. The van der Waals surface area contributed by atoms with Gasteiger partial charge in [-0.2, -0.15) is 0 Å². The van der Waals surface area contributed by atoms with Crippen LogP contribution < -0.4 is 10.1 Å². The standard InChI is InChI=1S/C18H21F2N3O3/c1-12(11-25-2)23(10-13-8-14(19)4-6-16(13)20)18(24)22-15-5-7-17(26-3)21-9-15/h4-9,12H,10-11H2,1-3H3,(H,22,24)/t12-/m0/s1. The summed E-state index contributed by atoms with van der Waals surface area (Å²) in [6.07, 6.45) is 1.44. The van der Waals surface area contributed by atoms with Crippen molar-refractivity contribution in [2.45, 2.75) is 19.5 Å². The van der Waals surface area contributed by atoms with Gasteiger partial charge < -0.3 is 19.7 Å². The van der Waals surface area contributed by atoms with E-state index in [9.17, 15) is 13.6 Å². The number of ether oxygens (including phenoxy) is 2. The lowest BCUT2D eigenvalue weighted by atomic mass is 10.1. The Morgan fingerprint density at radius 2 is 2.04 bits per heavy atom. The predicted molar refractivity (Wildman–Crippen MR) is 93.0 cm³/mol. The highest BCUT2D eigenvalue weighted by Gasteiger charge is 2.22. The van der Waals surface area contributed by atoms with Crippen molar-refractivity contribution in [1.29, 1.82) is 0 Å². The van der Waals surface area contributed by atoms with Crippen LogP contribution >= 0.6 is 0 Å². The van der Waals surface area contributed by atoms with Crippen LogP contribution in [-0.2, 0) is 11.3 Å². The molecule has 2 aromatic rings. The second-order valence-corrected chi connectivity index (χ2v) is 5.69. The number of halogens is 2. The Bertz CT molecular complexity index is 741. The van der Waals surface area contributed by atoms with E-state index in [1.165, 1.54) is 25.3 Å². The number of benzene rings is 1. The largest absolute Gasteiger partial charge is 0.481 e. The molecule has 0 radical (unpaired) electrons. The van der Waals surface area contributed by atoms with Crippen molar-refractivity contribution in [2.24, 2.45) is 0 Å². The SMILES string of the molecule is COC[C@H](C)N(Cc1cc(F)ccc1F)C(=O)Nc1ccc(OC)nc1. The van der Waals surface area contributed by atoms with Crippen LogP contribution in [0.5, 0.6) is 5.88 Å². The molecule has 1 N–H and O–H groups in total. The van der Waals surface area contributed by atoms with Gasteiger partial charge in [-0.25, -0.2) is 18.6 Å². The number of anilines is 1. The maximum atomic E-state index is 14.0. The number of nitrogens with one attached hydrogen (secondary N) is 1. The number of hydrogen-bond donors (Lipinski definition) is 1. The molecule has 0 aliphatic rings. The van der Waals surface area contributed by atoms with Crippen LogP contribution in [0.15, 0.2) is 36.5 Å². The predicted octanol–water partition coefficient (Wildman–Crippen LogP) is 3.44. The Labute approximate surface area is 150 Å². The number of carbonyl (C=O) groups excluding carboxylic acids is 1. The number of rotatable bonds is 7. The molecule has 0 unspecified atom stereocenters. The van der Waals surface area contributed by atoms with E-state index in [2.05, 4.69) is 10.3 Å². The lowest BCUT2D eigenvalue weighted by molar-refractivity contribution is 0.113. The van der Waals surface area contributed by atoms with E-state index in [1.807, 2.05) is 0 Å². The van der Waals surface area contributed by atoms with Crippen molar-refractivity contribution in [3.05, 3.63) is 53.7 Å². The van der Waals surface area contributed by atoms with E-state index < -0.39 is 17.7 Å². The van der Waals surface area contributed by atoms with Crippen molar-refractivity contribution in [1.82, 2.24) is 9.88 Å². The molecule has 0 bridgehead atoms. The molecule has 140 valence electrons. The van der Waals surface area contributed by atoms with Crippen molar-refractivity contribution < 1.29 is 23.0 Å². The number of pyridine rings is 1. The molecule has 1 heterocycles. The third kappa shape index (κ3) is 5.13. The van der Waals surface area contributed by atoms with Crippen molar-refractivity contribution >= 4 is 11.7 Å². The molecule has 2 amide bonds. The average Bonchev–Trinajstić information content (AvgIpc) is 2.63. The maximum Gasteiger partial charge on any atom is 0.322 e. The first kappa shape index (κ1) is 19.6. The summed E-state index contributed by atoms with van der Waals surface area (Å²) >= 11 is 0. The van der Waals surface area contributed by atoms with Gasteiger partial charge in [-0.05, 0) is 31.2 Å². The number of hydrogen-bond acceptors (Lipinski definition) is 4. The molecule has 0 saturated heterocycles. The van der Waals surface area contributed by atoms with Gasteiger partial charge in [-0.1, -0.05) is 0 Å². The highest BCUT2D eigenvalue weighted by molar-refractivity contribution is 5.89. The quantitative estimate of drug-likeness (QED) is 0.816. The summed E-state index contributed by atoms with van der Waals surface area (Å²) in [6, 6.07) is 5.53. The number of urea groups is 1. The van der Waals surface area contributed by atoms with Gasteiger partial charge in [0.2, 0.25) is 5.88 Å². The second kappa shape index (κ2) is 9.10. The summed E-state index contributed by atoms with van der Waals surface area (Å²) in [7, 11) is 2.99. The van der Waals surface area contributed by atoms with Crippen LogP contribution in [-0.4, -0.2) is 42.8 Å². The molecule has 6 nitrogen and oxygen atoms in total. The van der Waals surface area contributed by atoms with Crippen LogP contribution in [0.1, 0.15) is 12.5 Å². The van der Waals surface area contributed by atoms with Gasteiger partial charge in [0.15, 0.2) is 0 Å². The van der Waals surface area contributed by atoms with E-state index >= 15 is 0 Å². The van der Waals surface area contributed by atoms with Gasteiger partial charge in [0, 0.05) is 18.7 Å². The van der Waals surface area contributed by atoms with Gasteiger partial charge >= 0.3 is 6.03 Å². The van der Waals surface area contributed by atoms with Crippen molar-refractivity contribution in [2.75, 3.05) is 26.1 Å². The van der Waals surface area contributed by atoms with Crippen LogP contribution in [0.4, 0.5) is 19.3 Å². The molecule has 0 aliphatic heterocycles. The Morgan fingerprint density at radius 3 is 2.65 bits per heavy atom. The van der Waals surface area contributed by atoms with E-state index in [-0.39, 0.29) is 24.8 Å². The first-order valence-corrected chi connectivity index (χ1v) is 7.95. The molecular formula is C18H21F2N3O3. The van der Waals surface area contributed by atoms with Gasteiger partial charge in [0.1, 0.15) is 11.6 Å². The van der Waals surface area contributed by atoms with E-state index in [1.54, 1.807) is 19.1 Å². The summed E-state index contributed by atoms with van der Waals surface area (Å²) in [4.78, 5) is 18.0. The zero-order valence-corrected chi connectivity index (χ0v) is 14.8. The minimum atomic E-state index is -0.583. The van der Waals surface area contributed by atoms with Gasteiger partial charge in [-0.15, -0.1) is 0 Å². The number of methoxy groups -OCH3 is 2. The Kier molecular flexibility index (Phi) is 6.85. The second-order valence-electron chi connectivity index (χ2n) is 5.69. The summed E-state index contributed by atoms with van der Waals surface area (Å²) < 4.78 is 37.5. The van der Waals surface area contributed by atoms with Crippen LogP contribution in [0.2, 0.25) is 0 Å². The summed E-state index contributed by atoms with van der Waals surface area (Å²) in [5.74, 6) is -0.741. The molecule has 0 spiro atoms. The third-order valence-corrected chi connectivity index (χ3v) is 3.75. The monoisotopic (exact) mass is 365 g/mol. The number of nitrogens with zero attached hydrogens (tertiary/aromatic N) is 2. The maximum absolute atomic E-state index is 14.0. The number of aromatic nitrogens is 1. The zero-order valence-electron chi connectivity index (χ0n) is 14.8. The fourth-order valence-electron chi connectivity index (χ4n) is 2.38. The summed E-state index contributed by atoms with van der Waals surface area (Å²) in [5.41, 5.74) is 0.529. The number of carbonyl (C=O) groups is 1. The Hall–Kier alpha value is -2.74. The Balaban J connectivity index is 2.19. The molecule has 0 fully saturated rings. The van der Waals surface area contributed by atoms with Gasteiger partial charge in [-0.3, -0.25) is 0 Å². The van der Waals surface area contributed by atoms with E-state index in [0.717, 1.165) is 18.2 Å². The lowest BCUT2D eigenvalue weighted by Crippen LogP contribution is -2.43. The third-order valence-electron chi connectivity index (χ3n) is 3.75. The average molecular weight is 365 g/mol. The molecule has 2 rings (SSSR count). The molecule has 8 heteroatoms. The zero-order chi connectivity index (χ0) is 19.1. The fraction of sp³-hybridized carbons (Fsp3) is 0.333. The lowest BCUT2D eigenvalue weighted by Gasteiger charge is -2.29. The van der Waals surface area contributed by atoms with Crippen molar-refractivity contribution in [3.8, 4) is 5.88 Å². The molecule has 26 heavy (non-hydrogen) atoms. The van der Waals surface area contributed by atoms with E-state index in [0.29, 0.717) is 11.6 Å². The molecule has 1 atom stereocenters. The molecular weight excluding hydrogens is 344 g/mol. The molecule has 1 aromatic carbocycles. The van der Waals surface area contributed by atoms with Crippen molar-refractivity contribution in [3.63, 3.8) is 0 Å². The van der Waals surface area contributed by atoms with Gasteiger partial charge in [0.25, 0.3) is 0 Å². The van der Waals surface area contributed by atoms with Crippen LogP contribution in [0.25, 0.3) is 0 Å². The van der Waals surface area contributed by atoms with Crippen LogP contribution in [0.3, 0.4) is 0 Å². The first-order valence-electron chi connectivity index (χ1n) is 7.95. The Morgan fingerprint density at radius 1 is 1.27 bits per heavy atom. The summed E-state index contributed by atoms with van der Waals surface area (Å²) in [5, 5.41) is 2.68. The number of amides is 2. The fourth-order valence-corrected chi connectivity index (χ4v) is 2.38. The minimum Gasteiger partial charge on any atom is -0.481 e. The molecule has 0 aliphatic carbocycles. The smallest absolute Gasteiger partial charge is 0.322 e.